The van der Waals surface area contributed by atoms with E-state index < -0.39 is 10.8 Å². The summed E-state index contributed by atoms with van der Waals surface area (Å²) >= 11 is 0. The Bertz CT molecular complexity index is 3360. The zero-order valence-corrected chi connectivity index (χ0v) is 38.4. The third-order valence-electron chi connectivity index (χ3n) is 15.3. The maximum atomic E-state index is 7.43. The van der Waals surface area contributed by atoms with Gasteiger partial charge in [-0.05, 0) is 125 Å². The topological polar surface area (TPSA) is 12.5 Å². The fourth-order valence-corrected chi connectivity index (χ4v) is 12.3. The first-order valence-electron chi connectivity index (χ1n) is 23.5. The number of hydrogen-bond donors (Lipinski definition) is 0. The second-order valence-corrected chi connectivity index (χ2v) is 20.8. The lowest BCUT2D eigenvalue weighted by molar-refractivity contribution is 0.437. The number of hydrogen-bond acceptors (Lipinski definition) is 2. The van der Waals surface area contributed by atoms with E-state index >= 15 is 0 Å². The molecular weight excluding hydrogens is 799 g/mol. The zero-order chi connectivity index (χ0) is 44.7. The lowest BCUT2D eigenvalue weighted by Gasteiger charge is -2.42. The molecule has 2 nitrogen and oxygen atoms in total. The van der Waals surface area contributed by atoms with Crippen LogP contribution in [-0.4, -0.2) is 0 Å². The van der Waals surface area contributed by atoms with E-state index in [0.717, 1.165) is 34.1 Å². The Morgan fingerprint density at radius 2 is 0.758 bits per heavy atom. The minimum absolute atomic E-state index is 0.0496. The summed E-state index contributed by atoms with van der Waals surface area (Å²) in [7, 11) is 0. The van der Waals surface area contributed by atoms with Crippen molar-refractivity contribution >= 4 is 17.1 Å². The Balaban J connectivity index is 1.11. The molecule has 4 aliphatic rings. The van der Waals surface area contributed by atoms with Crippen LogP contribution in [0.5, 0.6) is 11.5 Å². The zero-order valence-electron chi connectivity index (χ0n) is 38.4. The van der Waals surface area contributed by atoms with Crippen molar-refractivity contribution in [3.63, 3.8) is 0 Å². The molecule has 0 fully saturated rings. The van der Waals surface area contributed by atoms with E-state index in [-0.39, 0.29) is 10.8 Å². The molecule has 0 aromatic heterocycles. The summed E-state index contributed by atoms with van der Waals surface area (Å²) in [5, 5.41) is 0. The number of anilines is 3. The summed E-state index contributed by atoms with van der Waals surface area (Å²) in [4.78, 5) is 2.44. The van der Waals surface area contributed by atoms with Crippen LogP contribution in [-0.2, 0) is 21.7 Å². The average Bonchev–Trinajstić information content (AvgIpc) is 3.91. The van der Waals surface area contributed by atoms with Gasteiger partial charge in [-0.25, -0.2) is 0 Å². The van der Waals surface area contributed by atoms with Crippen molar-refractivity contribution in [1.82, 2.24) is 0 Å². The van der Waals surface area contributed by atoms with E-state index in [1.54, 1.807) is 0 Å². The second-order valence-electron chi connectivity index (χ2n) is 20.8. The highest BCUT2D eigenvalue weighted by Gasteiger charge is 2.54. The lowest BCUT2D eigenvalue weighted by Crippen LogP contribution is -2.33. The molecule has 0 amide bonds. The fourth-order valence-electron chi connectivity index (χ4n) is 12.3. The van der Waals surface area contributed by atoms with E-state index in [1.165, 1.54) is 83.5 Å². The smallest absolute Gasteiger partial charge is 0.156 e. The normalized spacial score (nSPS) is 14.9. The number of rotatable bonds is 3. The molecule has 1 heterocycles. The molecule has 0 atom stereocenters. The molecule has 9 aromatic rings. The van der Waals surface area contributed by atoms with Gasteiger partial charge in [-0.3, -0.25) is 0 Å². The molecule has 2 spiro atoms. The molecular formula is C64H51NO. The molecule has 0 N–H and O–H groups in total. The number of benzene rings is 9. The van der Waals surface area contributed by atoms with Crippen LogP contribution in [0.15, 0.2) is 200 Å². The van der Waals surface area contributed by atoms with Crippen molar-refractivity contribution < 1.29 is 4.74 Å². The first-order chi connectivity index (χ1) is 32.0. The fraction of sp³-hybridized carbons (Fsp3) is 0.156. The summed E-state index contributed by atoms with van der Waals surface area (Å²) in [5.41, 5.74) is 22.6. The molecule has 13 rings (SSSR count). The molecule has 0 saturated carbocycles. The summed E-state index contributed by atoms with van der Waals surface area (Å²) in [5.74, 6) is 1.75. The lowest BCUT2D eigenvalue weighted by atomic mass is 9.64. The van der Waals surface area contributed by atoms with E-state index in [4.69, 9.17) is 4.74 Å². The maximum Gasteiger partial charge on any atom is 0.156 e. The van der Waals surface area contributed by atoms with E-state index in [9.17, 15) is 0 Å². The largest absolute Gasteiger partial charge is 0.454 e. The number of ether oxygens (including phenoxy) is 1. The van der Waals surface area contributed by atoms with Crippen LogP contribution in [0.2, 0.25) is 0 Å². The van der Waals surface area contributed by atoms with Crippen molar-refractivity contribution in [2.75, 3.05) is 4.90 Å². The van der Waals surface area contributed by atoms with Gasteiger partial charge in [0.1, 0.15) is 5.75 Å². The number of fused-ring (bicyclic) bond motifs is 19. The van der Waals surface area contributed by atoms with Crippen LogP contribution in [0.4, 0.5) is 17.1 Å². The predicted molar refractivity (Wildman–Crippen MR) is 272 cm³/mol. The number of nitrogens with zero attached hydrogens (tertiary/aromatic N) is 1. The first kappa shape index (κ1) is 39.0. The van der Waals surface area contributed by atoms with Crippen molar-refractivity contribution in [3.05, 3.63) is 256 Å². The van der Waals surface area contributed by atoms with Crippen LogP contribution in [0.1, 0.15) is 97.2 Å². The monoisotopic (exact) mass is 849 g/mol. The van der Waals surface area contributed by atoms with Gasteiger partial charge in [-0.1, -0.05) is 205 Å². The van der Waals surface area contributed by atoms with Crippen LogP contribution in [0, 0.1) is 0 Å². The summed E-state index contributed by atoms with van der Waals surface area (Å²) in [6.07, 6.45) is 0. The highest BCUT2D eigenvalue weighted by atomic mass is 16.5. The average molecular weight is 850 g/mol. The molecule has 0 bridgehead atoms. The second kappa shape index (κ2) is 13.6. The minimum atomic E-state index is -0.642. The van der Waals surface area contributed by atoms with Crippen LogP contribution >= 0.6 is 0 Å². The Kier molecular flexibility index (Phi) is 8.01. The molecule has 2 heteroatoms. The Morgan fingerprint density at radius 3 is 1.30 bits per heavy atom. The van der Waals surface area contributed by atoms with E-state index in [2.05, 4.69) is 247 Å². The van der Waals surface area contributed by atoms with Crippen LogP contribution < -0.4 is 9.64 Å². The number of para-hydroxylation sites is 3. The Hall–Kier alpha value is -7.42. The Morgan fingerprint density at radius 1 is 0.333 bits per heavy atom. The van der Waals surface area contributed by atoms with Gasteiger partial charge in [-0.2, -0.15) is 0 Å². The predicted octanol–water partition coefficient (Wildman–Crippen LogP) is 16.6. The summed E-state index contributed by atoms with van der Waals surface area (Å²) in [6.45, 7) is 13.9. The van der Waals surface area contributed by atoms with Crippen LogP contribution in [0.25, 0.3) is 33.4 Å². The van der Waals surface area contributed by atoms with Gasteiger partial charge in [0.2, 0.25) is 0 Å². The molecule has 3 aliphatic carbocycles. The Labute approximate surface area is 388 Å². The van der Waals surface area contributed by atoms with Crippen molar-refractivity contribution in [2.45, 2.75) is 63.2 Å². The summed E-state index contributed by atoms with van der Waals surface area (Å²) in [6, 6.07) is 75.4. The van der Waals surface area contributed by atoms with E-state index in [0.29, 0.717) is 0 Å². The molecule has 1 aliphatic heterocycles. The summed E-state index contributed by atoms with van der Waals surface area (Å²) < 4.78 is 7.43. The third-order valence-corrected chi connectivity index (χ3v) is 15.3. The standard InChI is InChI=1S/C64H51NO/c1-61(2,3)40-31-34-47-48-35-32-41(62(4,5)6)38-56(48)64(55(47)37-40)53-27-16-17-30-59(53)66-60-54(64)28-18-29-58(60)65(42-19-8-7-9-20-42)43-33-36-49-46-23-12-15-26-52(46)63(57(49)39-43)50-24-13-10-21-44(50)45-22-11-14-25-51(45)63/h7-39H,1-6H3. The highest BCUT2D eigenvalue weighted by Crippen LogP contribution is 2.66. The van der Waals surface area contributed by atoms with Gasteiger partial charge in [0, 0.05) is 22.5 Å². The van der Waals surface area contributed by atoms with Gasteiger partial charge in [0.25, 0.3) is 0 Å². The maximum absolute atomic E-state index is 7.43. The molecule has 66 heavy (non-hydrogen) atoms. The van der Waals surface area contributed by atoms with Crippen molar-refractivity contribution in [1.29, 1.82) is 0 Å². The third kappa shape index (κ3) is 5.08. The van der Waals surface area contributed by atoms with Gasteiger partial charge in [0.15, 0.2) is 5.75 Å². The molecule has 9 aromatic carbocycles. The van der Waals surface area contributed by atoms with Crippen LogP contribution in [0.3, 0.4) is 0 Å². The van der Waals surface area contributed by atoms with Gasteiger partial charge < -0.3 is 9.64 Å². The van der Waals surface area contributed by atoms with Gasteiger partial charge in [-0.15, -0.1) is 0 Å². The molecule has 318 valence electrons. The van der Waals surface area contributed by atoms with Gasteiger partial charge in [0.05, 0.1) is 16.5 Å². The van der Waals surface area contributed by atoms with E-state index in [1.807, 2.05) is 0 Å². The quantitative estimate of drug-likeness (QED) is 0.176. The van der Waals surface area contributed by atoms with Crippen molar-refractivity contribution in [3.8, 4) is 44.9 Å². The molecule has 0 radical (unpaired) electrons. The molecule has 0 saturated heterocycles. The highest BCUT2D eigenvalue weighted by molar-refractivity contribution is 5.97. The molecule has 0 unspecified atom stereocenters. The first-order valence-corrected chi connectivity index (χ1v) is 23.5. The van der Waals surface area contributed by atoms with Crippen molar-refractivity contribution in [2.24, 2.45) is 0 Å². The SMILES string of the molecule is CC(C)(C)c1ccc2c(c1)C1(c3ccccc3Oc3c(N(c4ccccc4)c4ccc5c(c4)C4(c6ccccc6-c6ccccc64)c4ccccc4-5)cccc31)c1cc(C(C)(C)C)ccc1-2. The van der Waals surface area contributed by atoms with Gasteiger partial charge >= 0.3 is 0 Å². The minimum Gasteiger partial charge on any atom is -0.454 e.